The first-order valence-corrected chi connectivity index (χ1v) is 9.58. The molecule has 0 fully saturated rings. The van der Waals surface area contributed by atoms with Crippen LogP contribution in [0.15, 0.2) is 51.9 Å². The van der Waals surface area contributed by atoms with Crippen LogP contribution >= 0.6 is 27.5 Å². The van der Waals surface area contributed by atoms with Gasteiger partial charge in [-0.1, -0.05) is 45.7 Å². The molecule has 3 nitrogen and oxygen atoms in total. The zero-order valence-electron chi connectivity index (χ0n) is 14.7. The van der Waals surface area contributed by atoms with E-state index in [9.17, 15) is 0 Å². The van der Waals surface area contributed by atoms with Crippen molar-refractivity contribution < 1.29 is 4.74 Å². The van der Waals surface area contributed by atoms with E-state index in [1.54, 1.807) is 0 Å². The number of halogens is 2. The predicted molar refractivity (Wildman–Crippen MR) is 109 cm³/mol. The first-order valence-electron chi connectivity index (χ1n) is 8.41. The van der Waals surface area contributed by atoms with Crippen LogP contribution < -0.4 is 4.90 Å². The molecule has 0 amide bonds. The van der Waals surface area contributed by atoms with E-state index in [2.05, 4.69) is 59.9 Å². The van der Waals surface area contributed by atoms with Crippen LogP contribution in [0, 0.1) is 0 Å². The van der Waals surface area contributed by atoms with Crippen LogP contribution in [0.4, 0.5) is 5.69 Å². The number of benzodiazepines with no additional fused rings is 1. The Morgan fingerprint density at radius 1 is 1.24 bits per heavy atom. The first-order chi connectivity index (χ1) is 12.0. The van der Waals surface area contributed by atoms with Gasteiger partial charge in [0.05, 0.1) is 31.0 Å². The topological polar surface area (TPSA) is 24.8 Å². The van der Waals surface area contributed by atoms with Gasteiger partial charge in [-0.3, -0.25) is 4.99 Å². The van der Waals surface area contributed by atoms with Crippen molar-refractivity contribution in [1.29, 1.82) is 0 Å². The van der Waals surface area contributed by atoms with E-state index in [1.807, 2.05) is 24.3 Å². The van der Waals surface area contributed by atoms with Crippen molar-refractivity contribution >= 4 is 38.9 Å². The van der Waals surface area contributed by atoms with Crippen molar-refractivity contribution in [2.75, 3.05) is 25.1 Å². The van der Waals surface area contributed by atoms with Crippen molar-refractivity contribution in [3.8, 4) is 0 Å². The van der Waals surface area contributed by atoms with Gasteiger partial charge in [-0.2, -0.15) is 0 Å². The van der Waals surface area contributed by atoms with E-state index < -0.39 is 0 Å². The van der Waals surface area contributed by atoms with Crippen LogP contribution in [-0.4, -0.2) is 38.1 Å². The Kier molecular flexibility index (Phi) is 5.82. The smallest absolute Gasteiger partial charge is 0.0756 e. The lowest BCUT2D eigenvalue weighted by atomic mass is 10.00. The third kappa shape index (κ3) is 4.08. The van der Waals surface area contributed by atoms with E-state index in [0.717, 1.165) is 27.0 Å². The van der Waals surface area contributed by atoms with Crippen molar-refractivity contribution in [3.63, 3.8) is 0 Å². The lowest BCUT2D eigenvalue weighted by molar-refractivity contribution is 0.0690. The highest BCUT2D eigenvalue weighted by Gasteiger charge is 2.25. The highest BCUT2D eigenvalue weighted by molar-refractivity contribution is 9.10. The van der Waals surface area contributed by atoms with Gasteiger partial charge in [0.1, 0.15) is 0 Å². The fourth-order valence-electron chi connectivity index (χ4n) is 2.96. The maximum absolute atomic E-state index is 6.46. The average molecular weight is 422 g/mol. The summed E-state index contributed by atoms with van der Waals surface area (Å²) in [5.41, 5.74) is 4.11. The SMILES string of the molecule is CC(C)OCC1CN=C(c2ccccc2Cl)c2cc(Br)ccc2N1C. The van der Waals surface area contributed by atoms with E-state index >= 15 is 0 Å². The second-order valence-electron chi connectivity index (χ2n) is 6.48. The Morgan fingerprint density at radius 2 is 2.00 bits per heavy atom. The van der Waals surface area contributed by atoms with Crippen LogP contribution in [0.5, 0.6) is 0 Å². The minimum atomic E-state index is 0.183. The Morgan fingerprint density at radius 3 is 2.72 bits per heavy atom. The Bertz CT molecular complexity index is 791. The van der Waals surface area contributed by atoms with Crippen LogP contribution in [0.3, 0.4) is 0 Å². The summed E-state index contributed by atoms with van der Waals surface area (Å²) in [6.45, 7) is 5.42. The van der Waals surface area contributed by atoms with Gasteiger partial charge in [-0.25, -0.2) is 0 Å². The number of aliphatic imine (C=N–C) groups is 1. The molecular formula is C20H22BrClN2O. The maximum Gasteiger partial charge on any atom is 0.0756 e. The van der Waals surface area contributed by atoms with E-state index in [4.69, 9.17) is 21.3 Å². The van der Waals surface area contributed by atoms with Crippen LogP contribution in [0.2, 0.25) is 5.02 Å². The second-order valence-corrected chi connectivity index (χ2v) is 7.80. The molecule has 2 aromatic rings. The van der Waals surface area contributed by atoms with Gasteiger partial charge in [0.25, 0.3) is 0 Å². The van der Waals surface area contributed by atoms with Crippen molar-refractivity contribution in [3.05, 3.63) is 63.1 Å². The number of rotatable bonds is 4. The number of benzene rings is 2. The lowest BCUT2D eigenvalue weighted by Gasteiger charge is -2.29. The normalized spacial score (nSPS) is 17.3. The standard InChI is InChI=1S/C20H22BrClN2O/c1-13(2)25-12-15-11-23-20(16-6-4-5-7-18(16)22)17-10-14(21)8-9-19(17)24(15)3/h4-10,13,15H,11-12H2,1-3H3. The Labute approximate surface area is 162 Å². The van der Waals surface area contributed by atoms with E-state index in [-0.39, 0.29) is 12.1 Å². The summed E-state index contributed by atoms with van der Waals surface area (Å²) < 4.78 is 6.89. The fourth-order valence-corrected chi connectivity index (χ4v) is 3.54. The summed E-state index contributed by atoms with van der Waals surface area (Å²) in [5, 5.41) is 0.715. The molecule has 0 bridgehead atoms. The summed E-state index contributed by atoms with van der Waals surface area (Å²) in [6, 6.07) is 14.3. The quantitative estimate of drug-likeness (QED) is 0.679. The molecule has 1 aliphatic rings. The van der Waals surface area contributed by atoms with Crippen LogP contribution in [0.25, 0.3) is 0 Å². The number of fused-ring (bicyclic) bond motifs is 1. The van der Waals surface area contributed by atoms with Gasteiger partial charge in [-0.15, -0.1) is 0 Å². The lowest BCUT2D eigenvalue weighted by Crippen LogP contribution is -2.38. The maximum atomic E-state index is 6.46. The molecule has 25 heavy (non-hydrogen) atoms. The molecule has 0 N–H and O–H groups in total. The molecule has 2 aromatic carbocycles. The van der Waals surface area contributed by atoms with Crippen molar-refractivity contribution in [2.45, 2.75) is 26.0 Å². The second kappa shape index (κ2) is 7.90. The molecule has 0 saturated carbocycles. The summed E-state index contributed by atoms with van der Waals surface area (Å²) in [4.78, 5) is 7.20. The summed E-state index contributed by atoms with van der Waals surface area (Å²) in [7, 11) is 2.10. The van der Waals surface area contributed by atoms with Gasteiger partial charge in [0, 0.05) is 33.4 Å². The molecule has 1 unspecified atom stereocenters. The molecule has 1 atom stereocenters. The first kappa shape index (κ1) is 18.4. The molecule has 1 aliphatic heterocycles. The molecule has 0 radical (unpaired) electrons. The summed E-state index contributed by atoms with van der Waals surface area (Å²) in [6.07, 6.45) is 0.202. The van der Waals surface area contributed by atoms with Crippen molar-refractivity contribution in [1.82, 2.24) is 0 Å². The largest absolute Gasteiger partial charge is 0.377 e. The van der Waals surface area contributed by atoms with Gasteiger partial charge in [-0.05, 0) is 38.1 Å². The Balaban J connectivity index is 2.08. The highest BCUT2D eigenvalue weighted by atomic mass is 79.9. The van der Waals surface area contributed by atoms with Gasteiger partial charge in [0.2, 0.25) is 0 Å². The molecule has 0 saturated heterocycles. The molecule has 3 rings (SSSR count). The molecule has 132 valence electrons. The molecular weight excluding hydrogens is 400 g/mol. The zero-order chi connectivity index (χ0) is 18.0. The van der Waals surface area contributed by atoms with E-state index in [0.29, 0.717) is 18.2 Å². The number of hydrogen-bond donors (Lipinski definition) is 0. The van der Waals surface area contributed by atoms with Crippen molar-refractivity contribution in [2.24, 2.45) is 4.99 Å². The molecule has 0 spiro atoms. The summed E-state index contributed by atoms with van der Waals surface area (Å²) >= 11 is 10.0. The number of nitrogens with zero attached hydrogens (tertiary/aromatic N) is 2. The molecule has 0 aromatic heterocycles. The van der Waals surface area contributed by atoms with Crippen LogP contribution in [-0.2, 0) is 4.74 Å². The minimum Gasteiger partial charge on any atom is -0.377 e. The van der Waals surface area contributed by atoms with Gasteiger partial charge in [0.15, 0.2) is 0 Å². The van der Waals surface area contributed by atoms with Gasteiger partial charge < -0.3 is 9.64 Å². The predicted octanol–water partition coefficient (Wildman–Crippen LogP) is 5.18. The monoisotopic (exact) mass is 420 g/mol. The minimum absolute atomic E-state index is 0.183. The van der Waals surface area contributed by atoms with Crippen LogP contribution in [0.1, 0.15) is 25.0 Å². The highest BCUT2D eigenvalue weighted by Crippen LogP contribution is 2.32. The third-order valence-corrected chi connectivity index (χ3v) is 5.18. The third-order valence-electron chi connectivity index (χ3n) is 4.35. The summed E-state index contributed by atoms with van der Waals surface area (Å²) in [5.74, 6) is 0. The number of anilines is 1. The number of ether oxygens (including phenoxy) is 1. The van der Waals surface area contributed by atoms with Gasteiger partial charge >= 0.3 is 0 Å². The number of likely N-dealkylation sites (N-methyl/N-ethyl adjacent to an activating group) is 1. The fraction of sp³-hybridized carbons (Fsp3) is 0.350. The Hall–Kier alpha value is -1.36. The number of hydrogen-bond acceptors (Lipinski definition) is 3. The molecule has 1 heterocycles. The zero-order valence-corrected chi connectivity index (χ0v) is 17.0. The van der Waals surface area contributed by atoms with E-state index in [1.165, 1.54) is 0 Å². The molecule has 0 aliphatic carbocycles. The molecule has 5 heteroatoms. The average Bonchev–Trinajstić information content (AvgIpc) is 2.70.